The fraction of sp³-hybridized carbons (Fsp3) is 0.611. The summed E-state index contributed by atoms with van der Waals surface area (Å²) < 4.78 is 11.6. The van der Waals surface area contributed by atoms with Crippen LogP contribution in [0.5, 0.6) is 0 Å². The van der Waals surface area contributed by atoms with Crippen LogP contribution in [0.4, 0.5) is 0 Å². The Morgan fingerprint density at radius 2 is 1.88 bits per heavy atom. The maximum absolute atomic E-state index is 12.5. The van der Waals surface area contributed by atoms with Crippen LogP contribution in [0, 0.1) is 5.92 Å². The highest BCUT2D eigenvalue weighted by Crippen LogP contribution is 2.32. The van der Waals surface area contributed by atoms with Crippen LogP contribution in [-0.2, 0) is 15.6 Å². The second-order valence-electron chi connectivity index (χ2n) is 6.95. The van der Waals surface area contributed by atoms with Gasteiger partial charge in [-0.2, -0.15) is 0 Å². The maximum atomic E-state index is 12.5. The van der Waals surface area contributed by atoms with Gasteiger partial charge < -0.3 is 10.6 Å². The molecule has 0 spiro atoms. The minimum atomic E-state index is -0.945. The van der Waals surface area contributed by atoms with E-state index in [0.717, 1.165) is 18.4 Å². The van der Waals surface area contributed by atoms with E-state index < -0.39 is 10.8 Å². The van der Waals surface area contributed by atoms with Crippen molar-refractivity contribution in [2.45, 2.75) is 50.2 Å². The van der Waals surface area contributed by atoms with Crippen molar-refractivity contribution < 1.29 is 9.00 Å². The zero-order valence-corrected chi connectivity index (χ0v) is 15.7. The van der Waals surface area contributed by atoms with Gasteiger partial charge in [0.2, 0.25) is 5.91 Å². The minimum absolute atomic E-state index is 0. The molecule has 4 atom stereocenters. The number of piperidine rings is 1. The molecule has 0 saturated carbocycles. The van der Waals surface area contributed by atoms with Crippen LogP contribution in [0.3, 0.4) is 0 Å². The van der Waals surface area contributed by atoms with Crippen molar-refractivity contribution in [2.75, 3.05) is 12.0 Å². The molecule has 2 saturated heterocycles. The van der Waals surface area contributed by atoms with E-state index in [4.69, 9.17) is 0 Å². The number of amides is 1. The number of rotatable bonds is 6. The highest BCUT2D eigenvalue weighted by Gasteiger charge is 2.34. The first-order valence-corrected chi connectivity index (χ1v) is 10.2. The summed E-state index contributed by atoms with van der Waals surface area (Å²) in [7, 11) is -0.945. The number of fused-ring (bicyclic) bond motifs is 2. The Bertz CT molecular complexity index is 557. The smallest absolute Gasteiger partial charge is 0.220 e. The van der Waals surface area contributed by atoms with Gasteiger partial charge in [-0.1, -0.05) is 30.3 Å². The predicted octanol–water partition coefficient (Wildman–Crippen LogP) is 2.56. The molecule has 4 nitrogen and oxygen atoms in total. The molecule has 2 aliphatic rings. The number of hydrogen-bond acceptors (Lipinski definition) is 3. The van der Waals surface area contributed by atoms with Crippen molar-refractivity contribution in [3.05, 3.63) is 35.9 Å². The van der Waals surface area contributed by atoms with Crippen molar-refractivity contribution in [2.24, 2.45) is 5.92 Å². The van der Waals surface area contributed by atoms with Crippen LogP contribution in [0.15, 0.2) is 30.3 Å². The summed E-state index contributed by atoms with van der Waals surface area (Å²) in [4.78, 5) is 12.5. The van der Waals surface area contributed by atoms with E-state index in [0.29, 0.717) is 30.2 Å². The summed E-state index contributed by atoms with van der Waals surface area (Å²) in [6.45, 7) is 0. The van der Waals surface area contributed by atoms with Crippen LogP contribution in [0.1, 0.15) is 43.7 Å². The lowest BCUT2D eigenvalue weighted by Crippen LogP contribution is -2.40. The Kier molecular flexibility index (Phi) is 7.26. The second-order valence-corrected chi connectivity index (χ2v) is 8.43. The SMILES string of the molecule is CS(=O)CC(NC(=O)CC1CC2CCC(C1)N2)c1ccccc1.Cl. The Balaban J connectivity index is 0.00000208. The van der Waals surface area contributed by atoms with Gasteiger partial charge in [-0.15, -0.1) is 12.4 Å². The average Bonchev–Trinajstić information content (AvgIpc) is 2.86. The van der Waals surface area contributed by atoms with Crippen molar-refractivity contribution in [3.8, 4) is 0 Å². The van der Waals surface area contributed by atoms with Crippen LogP contribution < -0.4 is 10.6 Å². The lowest BCUT2D eigenvalue weighted by molar-refractivity contribution is -0.122. The zero-order chi connectivity index (χ0) is 16.2. The second kappa shape index (κ2) is 8.97. The monoisotopic (exact) mass is 370 g/mol. The van der Waals surface area contributed by atoms with Crippen molar-refractivity contribution in [3.63, 3.8) is 0 Å². The van der Waals surface area contributed by atoms with Crippen LogP contribution in [0.25, 0.3) is 0 Å². The number of carbonyl (C=O) groups is 1. The molecule has 2 fully saturated rings. The molecule has 0 radical (unpaired) electrons. The highest BCUT2D eigenvalue weighted by atomic mass is 35.5. The summed E-state index contributed by atoms with van der Waals surface area (Å²) >= 11 is 0. The normalized spacial score (nSPS) is 27.8. The lowest BCUT2D eigenvalue weighted by Gasteiger charge is -2.29. The van der Waals surface area contributed by atoms with E-state index in [9.17, 15) is 9.00 Å². The van der Waals surface area contributed by atoms with E-state index >= 15 is 0 Å². The largest absolute Gasteiger partial charge is 0.348 e. The van der Waals surface area contributed by atoms with E-state index in [-0.39, 0.29) is 24.4 Å². The first-order valence-electron chi connectivity index (χ1n) is 8.50. The molecular formula is C18H27ClN2O2S. The Morgan fingerprint density at radius 1 is 1.25 bits per heavy atom. The zero-order valence-electron chi connectivity index (χ0n) is 14.1. The molecule has 2 aliphatic heterocycles. The fourth-order valence-corrected chi connectivity index (χ4v) is 4.74. The molecule has 1 aromatic rings. The number of carbonyl (C=O) groups excluding carboxylic acids is 1. The van der Waals surface area contributed by atoms with Crippen LogP contribution in [-0.4, -0.2) is 34.2 Å². The molecule has 0 aliphatic carbocycles. The summed E-state index contributed by atoms with van der Waals surface area (Å²) in [5.74, 6) is 1.04. The highest BCUT2D eigenvalue weighted by molar-refractivity contribution is 7.84. The quantitative estimate of drug-likeness (QED) is 0.809. The lowest BCUT2D eigenvalue weighted by atomic mass is 9.89. The Labute approximate surface area is 153 Å². The number of benzene rings is 1. The predicted molar refractivity (Wildman–Crippen MR) is 101 cm³/mol. The first kappa shape index (κ1) is 19.4. The molecule has 3 rings (SSSR count). The molecule has 2 heterocycles. The van der Waals surface area contributed by atoms with Crippen LogP contribution >= 0.6 is 12.4 Å². The Morgan fingerprint density at radius 3 is 2.46 bits per heavy atom. The molecule has 1 aromatic carbocycles. The molecule has 0 aromatic heterocycles. The van der Waals surface area contributed by atoms with Crippen molar-refractivity contribution >= 4 is 29.1 Å². The van der Waals surface area contributed by atoms with Gasteiger partial charge in [0, 0.05) is 41.3 Å². The van der Waals surface area contributed by atoms with Gasteiger partial charge in [-0.25, -0.2) is 0 Å². The molecule has 6 heteroatoms. The topological polar surface area (TPSA) is 58.2 Å². The van der Waals surface area contributed by atoms with Crippen LogP contribution in [0.2, 0.25) is 0 Å². The summed E-state index contributed by atoms with van der Waals surface area (Å²) in [5, 5.41) is 6.72. The molecular weight excluding hydrogens is 344 g/mol. The van der Waals surface area contributed by atoms with E-state index in [1.165, 1.54) is 12.8 Å². The Hall–Kier alpha value is -0.910. The van der Waals surface area contributed by atoms with Gasteiger partial charge >= 0.3 is 0 Å². The molecule has 4 unspecified atom stereocenters. The van der Waals surface area contributed by atoms with Crippen molar-refractivity contribution in [1.29, 1.82) is 0 Å². The van der Waals surface area contributed by atoms with E-state index in [2.05, 4.69) is 10.6 Å². The van der Waals surface area contributed by atoms with Gasteiger partial charge in [0.15, 0.2) is 0 Å². The van der Waals surface area contributed by atoms with E-state index in [1.54, 1.807) is 6.26 Å². The third-order valence-electron chi connectivity index (χ3n) is 4.98. The molecule has 2 N–H and O–H groups in total. The molecule has 1 amide bonds. The maximum Gasteiger partial charge on any atom is 0.220 e. The summed E-state index contributed by atoms with van der Waals surface area (Å²) in [5.41, 5.74) is 1.03. The molecule has 134 valence electrons. The minimum Gasteiger partial charge on any atom is -0.348 e. The third kappa shape index (κ3) is 5.30. The number of halogens is 1. The number of nitrogens with one attached hydrogen (secondary N) is 2. The third-order valence-corrected chi connectivity index (χ3v) is 5.79. The van der Waals surface area contributed by atoms with Crippen molar-refractivity contribution in [1.82, 2.24) is 10.6 Å². The van der Waals surface area contributed by atoms with Gasteiger partial charge in [-0.3, -0.25) is 9.00 Å². The molecule has 2 bridgehead atoms. The fourth-order valence-electron chi connectivity index (χ4n) is 4.00. The number of hydrogen-bond donors (Lipinski definition) is 2. The van der Waals surface area contributed by atoms with Gasteiger partial charge in [0.05, 0.1) is 6.04 Å². The van der Waals surface area contributed by atoms with E-state index in [1.807, 2.05) is 30.3 Å². The van der Waals surface area contributed by atoms with Gasteiger partial charge in [0.25, 0.3) is 0 Å². The van der Waals surface area contributed by atoms with Gasteiger partial charge in [-0.05, 0) is 37.2 Å². The first-order chi connectivity index (χ1) is 11.1. The van der Waals surface area contributed by atoms with Gasteiger partial charge in [0.1, 0.15) is 0 Å². The standard InChI is InChI=1S/C18H26N2O2S.ClH/c1-23(22)12-17(14-5-3-2-4-6-14)20-18(21)11-13-9-15-7-8-16(10-13)19-15;/h2-6,13,15-17,19H,7-12H2,1H3,(H,20,21);1H. The molecule has 24 heavy (non-hydrogen) atoms. The summed E-state index contributed by atoms with van der Waals surface area (Å²) in [6.07, 6.45) is 7.01. The summed E-state index contributed by atoms with van der Waals surface area (Å²) in [6, 6.07) is 10.9. The average molecular weight is 371 g/mol.